The molecule has 1 fully saturated rings. The third-order valence-corrected chi connectivity index (χ3v) is 3.27. The van der Waals surface area contributed by atoms with Crippen molar-refractivity contribution in [2.45, 2.75) is 26.3 Å². The summed E-state index contributed by atoms with van der Waals surface area (Å²) in [6.45, 7) is 5.17. The van der Waals surface area contributed by atoms with E-state index in [1.54, 1.807) is 6.26 Å². The molecule has 1 aliphatic rings. The number of carbonyl (C=O) groups excluding carboxylic acids is 1. The van der Waals surface area contributed by atoms with E-state index in [4.69, 9.17) is 4.42 Å². The van der Waals surface area contributed by atoms with E-state index in [1.807, 2.05) is 24.0 Å². The molecule has 94 valence electrons. The fourth-order valence-electron chi connectivity index (χ4n) is 2.26. The highest BCUT2D eigenvalue weighted by atomic mass is 16.3. The normalized spacial score (nSPS) is 20.2. The molecule has 0 saturated carbocycles. The molecule has 1 saturated heterocycles. The summed E-state index contributed by atoms with van der Waals surface area (Å²) in [6, 6.07) is 3.77. The monoisotopic (exact) mass is 236 g/mol. The number of hydrogen-bond acceptors (Lipinski definition) is 3. The zero-order chi connectivity index (χ0) is 12.1. The van der Waals surface area contributed by atoms with Gasteiger partial charge in [0.2, 0.25) is 5.91 Å². The first kappa shape index (κ1) is 12.2. The van der Waals surface area contributed by atoms with Crippen LogP contribution in [0.1, 0.15) is 25.5 Å². The maximum Gasteiger partial charge on any atom is 0.227 e. The number of amides is 1. The van der Waals surface area contributed by atoms with Crippen molar-refractivity contribution in [3.8, 4) is 0 Å². The minimum Gasteiger partial charge on any atom is -0.467 e. The summed E-state index contributed by atoms with van der Waals surface area (Å²) in [5.74, 6) is 1.23. The Bertz CT molecular complexity index is 342. The van der Waals surface area contributed by atoms with E-state index in [0.29, 0.717) is 6.54 Å². The van der Waals surface area contributed by atoms with E-state index < -0.39 is 0 Å². The van der Waals surface area contributed by atoms with Gasteiger partial charge in [-0.2, -0.15) is 0 Å². The van der Waals surface area contributed by atoms with Gasteiger partial charge < -0.3 is 14.6 Å². The van der Waals surface area contributed by atoms with Gasteiger partial charge in [-0.05, 0) is 38.4 Å². The summed E-state index contributed by atoms with van der Waals surface area (Å²) in [5.41, 5.74) is 0. The lowest BCUT2D eigenvalue weighted by molar-refractivity contribution is -0.136. The molecule has 0 spiro atoms. The van der Waals surface area contributed by atoms with Crippen molar-refractivity contribution in [2.24, 2.45) is 5.92 Å². The molecule has 1 amide bonds. The molecule has 0 aliphatic carbocycles. The molecule has 0 unspecified atom stereocenters. The molecule has 1 atom stereocenters. The van der Waals surface area contributed by atoms with Gasteiger partial charge in [0.15, 0.2) is 0 Å². The van der Waals surface area contributed by atoms with E-state index >= 15 is 0 Å². The summed E-state index contributed by atoms with van der Waals surface area (Å²) < 4.78 is 5.29. The first-order valence-corrected chi connectivity index (χ1v) is 6.33. The summed E-state index contributed by atoms with van der Waals surface area (Å²) in [5, 5.41) is 3.28. The average molecular weight is 236 g/mol. The molecule has 4 heteroatoms. The average Bonchev–Trinajstić information content (AvgIpc) is 2.89. The van der Waals surface area contributed by atoms with Gasteiger partial charge in [0.25, 0.3) is 0 Å². The Kier molecular flexibility index (Phi) is 4.20. The lowest BCUT2D eigenvalue weighted by Crippen LogP contribution is -2.42. The van der Waals surface area contributed by atoms with Crippen LogP contribution in [-0.4, -0.2) is 30.4 Å². The van der Waals surface area contributed by atoms with Gasteiger partial charge >= 0.3 is 0 Å². The third-order valence-electron chi connectivity index (χ3n) is 3.27. The number of furan rings is 1. The molecule has 4 nitrogen and oxygen atoms in total. The molecule has 2 heterocycles. The highest BCUT2D eigenvalue weighted by Crippen LogP contribution is 2.15. The molecular formula is C13H20N2O2. The van der Waals surface area contributed by atoms with Crippen LogP contribution in [0.2, 0.25) is 0 Å². The van der Waals surface area contributed by atoms with E-state index in [9.17, 15) is 4.79 Å². The van der Waals surface area contributed by atoms with Crippen LogP contribution in [0.4, 0.5) is 0 Å². The van der Waals surface area contributed by atoms with Crippen molar-refractivity contribution in [1.82, 2.24) is 10.2 Å². The number of carbonyl (C=O) groups is 1. The first-order valence-electron chi connectivity index (χ1n) is 6.33. The first-order chi connectivity index (χ1) is 8.31. The molecule has 0 aromatic carbocycles. The number of nitrogens with one attached hydrogen (secondary N) is 1. The van der Waals surface area contributed by atoms with E-state index in [-0.39, 0.29) is 11.8 Å². The van der Waals surface area contributed by atoms with Gasteiger partial charge in [-0.15, -0.1) is 0 Å². The lowest BCUT2D eigenvalue weighted by atomic mass is 9.98. The van der Waals surface area contributed by atoms with Crippen LogP contribution in [0.5, 0.6) is 0 Å². The van der Waals surface area contributed by atoms with Gasteiger partial charge in [0.05, 0.1) is 18.7 Å². The highest BCUT2D eigenvalue weighted by molar-refractivity contribution is 5.79. The SMILES string of the molecule is CCN(Cc1ccco1)C(=O)[C@@H]1CCCNC1. The molecule has 1 aliphatic heterocycles. The van der Waals surface area contributed by atoms with Crippen LogP contribution >= 0.6 is 0 Å². The summed E-state index contributed by atoms with van der Waals surface area (Å²) in [7, 11) is 0. The molecule has 0 radical (unpaired) electrons. The van der Waals surface area contributed by atoms with Crippen molar-refractivity contribution >= 4 is 5.91 Å². The Balaban J connectivity index is 1.94. The van der Waals surface area contributed by atoms with Gasteiger partial charge in [-0.3, -0.25) is 4.79 Å². The minimum atomic E-state index is 0.138. The topological polar surface area (TPSA) is 45.5 Å². The second-order valence-corrected chi connectivity index (χ2v) is 4.48. The van der Waals surface area contributed by atoms with Crippen molar-refractivity contribution in [2.75, 3.05) is 19.6 Å². The van der Waals surface area contributed by atoms with Crippen molar-refractivity contribution < 1.29 is 9.21 Å². The Morgan fingerprint density at radius 3 is 3.12 bits per heavy atom. The lowest BCUT2D eigenvalue weighted by Gasteiger charge is -2.28. The Morgan fingerprint density at radius 2 is 2.53 bits per heavy atom. The molecule has 1 aromatic rings. The summed E-state index contributed by atoms with van der Waals surface area (Å²) in [4.78, 5) is 14.2. The summed E-state index contributed by atoms with van der Waals surface area (Å²) >= 11 is 0. The fourth-order valence-corrected chi connectivity index (χ4v) is 2.26. The molecule has 0 bridgehead atoms. The minimum absolute atomic E-state index is 0.138. The standard InChI is InChI=1S/C13H20N2O2/c1-2-15(10-12-6-4-8-17-12)13(16)11-5-3-7-14-9-11/h4,6,8,11,14H,2-3,5,7,9-10H2,1H3/t11-/m1/s1. The van der Waals surface area contributed by atoms with Gasteiger partial charge in [-0.1, -0.05) is 0 Å². The van der Waals surface area contributed by atoms with Crippen molar-refractivity contribution in [3.63, 3.8) is 0 Å². The second kappa shape index (κ2) is 5.87. The zero-order valence-electron chi connectivity index (χ0n) is 10.3. The number of piperidine rings is 1. The van der Waals surface area contributed by atoms with Crippen LogP contribution in [-0.2, 0) is 11.3 Å². The Hall–Kier alpha value is -1.29. The maximum atomic E-state index is 12.3. The second-order valence-electron chi connectivity index (χ2n) is 4.48. The van der Waals surface area contributed by atoms with Crippen LogP contribution in [0.3, 0.4) is 0 Å². The van der Waals surface area contributed by atoms with Gasteiger partial charge in [0.1, 0.15) is 5.76 Å². The molecule has 1 N–H and O–H groups in total. The van der Waals surface area contributed by atoms with Crippen LogP contribution in [0.15, 0.2) is 22.8 Å². The Morgan fingerprint density at radius 1 is 1.65 bits per heavy atom. The third kappa shape index (κ3) is 3.09. The highest BCUT2D eigenvalue weighted by Gasteiger charge is 2.25. The predicted octanol–water partition coefficient (Wildman–Crippen LogP) is 1.63. The predicted molar refractivity (Wildman–Crippen MR) is 65.4 cm³/mol. The number of hydrogen-bond donors (Lipinski definition) is 1. The molecule has 1 aromatic heterocycles. The largest absolute Gasteiger partial charge is 0.467 e. The maximum absolute atomic E-state index is 12.3. The summed E-state index contributed by atoms with van der Waals surface area (Å²) in [6.07, 6.45) is 3.74. The number of rotatable bonds is 4. The van der Waals surface area contributed by atoms with Gasteiger partial charge in [-0.25, -0.2) is 0 Å². The smallest absolute Gasteiger partial charge is 0.227 e. The van der Waals surface area contributed by atoms with E-state index in [0.717, 1.165) is 38.2 Å². The number of nitrogens with zero attached hydrogens (tertiary/aromatic N) is 1. The fraction of sp³-hybridized carbons (Fsp3) is 0.615. The van der Waals surface area contributed by atoms with Crippen LogP contribution < -0.4 is 5.32 Å². The zero-order valence-corrected chi connectivity index (χ0v) is 10.3. The van der Waals surface area contributed by atoms with E-state index in [1.165, 1.54) is 0 Å². The van der Waals surface area contributed by atoms with Crippen molar-refractivity contribution in [1.29, 1.82) is 0 Å². The van der Waals surface area contributed by atoms with Crippen LogP contribution in [0, 0.1) is 5.92 Å². The van der Waals surface area contributed by atoms with Gasteiger partial charge in [0, 0.05) is 13.1 Å². The quantitative estimate of drug-likeness (QED) is 0.864. The molecular weight excluding hydrogens is 216 g/mol. The molecule has 17 heavy (non-hydrogen) atoms. The van der Waals surface area contributed by atoms with E-state index in [2.05, 4.69) is 5.32 Å². The van der Waals surface area contributed by atoms with Crippen molar-refractivity contribution in [3.05, 3.63) is 24.2 Å². The Labute approximate surface area is 102 Å². The van der Waals surface area contributed by atoms with Crippen LogP contribution in [0.25, 0.3) is 0 Å². The molecule has 2 rings (SSSR count).